The summed E-state index contributed by atoms with van der Waals surface area (Å²) in [6.07, 6.45) is 5.49. The number of benzene rings is 1. The van der Waals surface area contributed by atoms with E-state index in [0.29, 0.717) is 5.92 Å². The van der Waals surface area contributed by atoms with Gasteiger partial charge in [0.05, 0.1) is 19.8 Å². The SMILES string of the molecule is COc1cc(CN2CCC3(O)CCCCC3C2)cc(OC)c1. The van der Waals surface area contributed by atoms with Crippen LogP contribution in [-0.4, -0.2) is 42.9 Å². The van der Waals surface area contributed by atoms with Gasteiger partial charge in [-0.1, -0.05) is 12.8 Å². The molecule has 22 heavy (non-hydrogen) atoms. The number of fused-ring (bicyclic) bond motifs is 1. The second-order valence-corrected chi connectivity index (χ2v) is 6.75. The molecule has 122 valence electrons. The third-order valence-corrected chi connectivity index (χ3v) is 5.33. The van der Waals surface area contributed by atoms with Crippen LogP contribution in [0.5, 0.6) is 11.5 Å². The van der Waals surface area contributed by atoms with Crippen molar-refractivity contribution in [1.82, 2.24) is 4.90 Å². The smallest absolute Gasteiger partial charge is 0.122 e. The van der Waals surface area contributed by atoms with Crippen LogP contribution in [0.25, 0.3) is 0 Å². The van der Waals surface area contributed by atoms with Gasteiger partial charge >= 0.3 is 0 Å². The maximum atomic E-state index is 10.8. The molecule has 0 spiro atoms. The van der Waals surface area contributed by atoms with Crippen LogP contribution in [0.1, 0.15) is 37.7 Å². The topological polar surface area (TPSA) is 41.9 Å². The van der Waals surface area contributed by atoms with E-state index in [4.69, 9.17) is 9.47 Å². The summed E-state index contributed by atoms with van der Waals surface area (Å²) in [5, 5.41) is 10.8. The van der Waals surface area contributed by atoms with Crippen LogP contribution >= 0.6 is 0 Å². The van der Waals surface area contributed by atoms with Crippen LogP contribution in [0.15, 0.2) is 18.2 Å². The number of hydrogen-bond donors (Lipinski definition) is 1. The van der Waals surface area contributed by atoms with Crippen LogP contribution < -0.4 is 9.47 Å². The van der Waals surface area contributed by atoms with E-state index >= 15 is 0 Å². The van der Waals surface area contributed by atoms with Gasteiger partial charge < -0.3 is 14.6 Å². The first-order valence-corrected chi connectivity index (χ1v) is 8.29. The molecule has 1 aromatic rings. The zero-order valence-corrected chi connectivity index (χ0v) is 13.7. The van der Waals surface area contributed by atoms with Crippen molar-refractivity contribution in [1.29, 1.82) is 0 Å². The molecule has 4 nitrogen and oxygen atoms in total. The van der Waals surface area contributed by atoms with Gasteiger partial charge in [0.25, 0.3) is 0 Å². The number of rotatable bonds is 4. The Morgan fingerprint density at radius 3 is 2.55 bits per heavy atom. The van der Waals surface area contributed by atoms with Gasteiger partial charge in [-0.05, 0) is 37.0 Å². The molecule has 0 amide bonds. The molecule has 2 atom stereocenters. The molecule has 1 heterocycles. The first-order valence-electron chi connectivity index (χ1n) is 8.29. The van der Waals surface area contributed by atoms with E-state index in [2.05, 4.69) is 17.0 Å². The molecule has 1 N–H and O–H groups in total. The van der Waals surface area contributed by atoms with Gasteiger partial charge in [0.15, 0.2) is 0 Å². The van der Waals surface area contributed by atoms with Crippen molar-refractivity contribution in [2.75, 3.05) is 27.3 Å². The lowest BCUT2D eigenvalue weighted by Gasteiger charge is -2.47. The van der Waals surface area contributed by atoms with Crippen LogP contribution in [0.3, 0.4) is 0 Å². The lowest BCUT2D eigenvalue weighted by atomic mass is 9.71. The summed E-state index contributed by atoms with van der Waals surface area (Å²) in [4.78, 5) is 2.46. The van der Waals surface area contributed by atoms with Crippen molar-refractivity contribution in [2.24, 2.45) is 5.92 Å². The molecule has 4 heteroatoms. The van der Waals surface area contributed by atoms with Gasteiger partial charge in [0.1, 0.15) is 11.5 Å². The monoisotopic (exact) mass is 305 g/mol. The fraction of sp³-hybridized carbons (Fsp3) is 0.667. The maximum Gasteiger partial charge on any atom is 0.122 e. The lowest BCUT2D eigenvalue weighted by Crippen LogP contribution is -2.52. The quantitative estimate of drug-likeness (QED) is 0.929. The highest BCUT2D eigenvalue weighted by atomic mass is 16.5. The van der Waals surface area contributed by atoms with Gasteiger partial charge in [-0.15, -0.1) is 0 Å². The second kappa shape index (κ2) is 6.47. The van der Waals surface area contributed by atoms with Gasteiger partial charge in [-0.2, -0.15) is 0 Å². The Labute approximate surface area is 133 Å². The molecule has 0 aromatic heterocycles. The summed E-state index contributed by atoms with van der Waals surface area (Å²) in [5.41, 5.74) is 0.804. The van der Waals surface area contributed by atoms with Gasteiger partial charge in [0.2, 0.25) is 0 Å². The van der Waals surface area contributed by atoms with Crippen LogP contribution in [0.2, 0.25) is 0 Å². The standard InChI is InChI=1S/C18H27NO3/c1-21-16-9-14(10-17(11-16)22-2)12-19-8-7-18(20)6-4-3-5-15(18)13-19/h9-11,15,20H,3-8,12-13H2,1-2H3. The molecule has 1 saturated heterocycles. The Balaban J connectivity index is 1.69. The molecule has 1 saturated carbocycles. The van der Waals surface area contributed by atoms with E-state index in [-0.39, 0.29) is 0 Å². The summed E-state index contributed by atoms with van der Waals surface area (Å²) in [5.74, 6) is 2.10. The molecule has 2 fully saturated rings. The van der Waals surface area contributed by atoms with Crippen LogP contribution in [0.4, 0.5) is 0 Å². The fourth-order valence-electron chi connectivity index (χ4n) is 4.00. The van der Waals surface area contributed by atoms with Gasteiger partial charge in [-0.25, -0.2) is 0 Å². The van der Waals surface area contributed by atoms with Crippen molar-refractivity contribution in [3.05, 3.63) is 23.8 Å². The Morgan fingerprint density at radius 1 is 1.14 bits per heavy atom. The minimum atomic E-state index is -0.402. The van der Waals surface area contributed by atoms with E-state index in [1.165, 1.54) is 18.4 Å². The number of aliphatic hydroxyl groups is 1. The maximum absolute atomic E-state index is 10.8. The highest BCUT2D eigenvalue weighted by Crippen LogP contribution is 2.40. The fourth-order valence-corrected chi connectivity index (χ4v) is 4.00. The van der Waals surface area contributed by atoms with Gasteiger partial charge in [0, 0.05) is 31.6 Å². The molecule has 1 aromatic carbocycles. The largest absolute Gasteiger partial charge is 0.497 e. The van der Waals surface area contributed by atoms with E-state index in [9.17, 15) is 5.11 Å². The average molecular weight is 305 g/mol. The number of ether oxygens (including phenoxy) is 2. The minimum Gasteiger partial charge on any atom is -0.497 e. The van der Waals surface area contributed by atoms with Crippen molar-refractivity contribution in [2.45, 2.75) is 44.2 Å². The van der Waals surface area contributed by atoms with Crippen molar-refractivity contribution in [3.63, 3.8) is 0 Å². The summed E-state index contributed by atoms with van der Waals surface area (Å²) >= 11 is 0. The third kappa shape index (κ3) is 3.23. The minimum absolute atomic E-state index is 0.402. The van der Waals surface area contributed by atoms with Gasteiger partial charge in [-0.3, -0.25) is 4.90 Å². The number of likely N-dealkylation sites (tertiary alicyclic amines) is 1. The third-order valence-electron chi connectivity index (χ3n) is 5.33. The highest BCUT2D eigenvalue weighted by Gasteiger charge is 2.42. The lowest BCUT2D eigenvalue weighted by molar-refractivity contribution is -0.0968. The van der Waals surface area contributed by atoms with E-state index in [0.717, 1.165) is 50.4 Å². The molecule has 3 rings (SSSR count). The number of piperidine rings is 1. The molecular weight excluding hydrogens is 278 g/mol. The number of hydrogen-bond acceptors (Lipinski definition) is 4. The average Bonchev–Trinajstić information content (AvgIpc) is 2.54. The highest BCUT2D eigenvalue weighted by molar-refractivity contribution is 5.38. The summed E-state index contributed by atoms with van der Waals surface area (Å²) < 4.78 is 10.7. The van der Waals surface area contributed by atoms with E-state index in [1.807, 2.05) is 6.07 Å². The molecule has 2 aliphatic rings. The first kappa shape index (κ1) is 15.6. The summed E-state index contributed by atoms with van der Waals surface area (Å²) in [6, 6.07) is 6.05. The Kier molecular flexibility index (Phi) is 4.59. The Bertz CT molecular complexity index is 497. The zero-order chi connectivity index (χ0) is 15.6. The van der Waals surface area contributed by atoms with Crippen molar-refractivity contribution >= 4 is 0 Å². The number of nitrogens with zero attached hydrogens (tertiary/aromatic N) is 1. The first-order chi connectivity index (χ1) is 10.6. The number of methoxy groups -OCH3 is 2. The van der Waals surface area contributed by atoms with E-state index in [1.54, 1.807) is 14.2 Å². The van der Waals surface area contributed by atoms with Crippen LogP contribution in [-0.2, 0) is 6.54 Å². The van der Waals surface area contributed by atoms with Crippen LogP contribution in [0, 0.1) is 5.92 Å². The van der Waals surface area contributed by atoms with E-state index < -0.39 is 5.60 Å². The van der Waals surface area contributed by atoms with Crippen molar-refractivity contribution < 1.29 is 14.6 Å². The molecule has 1 aliphatic heterocycles. The molecule has 2 unspecified atom stereocenters. The van der Waals surface area contributed by atoms with Crippen molar-refractivity contribution in [3.8, 4) is 11.5 Å². The molecule has 0 bridgehead atoms. The molecule has 0 radical (unpaired) electrons. The normalized spacial score (nSPS) is 29.0. The summed E-state index contributed by atoms with van der Waals surface area (Å²) in [6.45, 7) is 2.85. The summed E-state index contributed by atoms with van der Waals surface area (Å²) in [7, 11) is 3.36. The zero-order valence-electron chi connectivity index (χ0n) is 13.7. The molecule has 1 aliphatic carbocycles. The molecular formula is C18H27NO3. The second-order valence-electron chi connectivity index (χ2n) is 6.75. The predicted molar refractivity (Wildman–Crippen MR) is 86.3 cm³/mol. The predicted octanol–water partition coefficient (Wildman–Crippen LogP) is 2.83. The Hall–Kier alpha value is -1.26. The Morgan fingerprint density at radius 2 is 1.86 bits per heavy atom.